The van der Waals surface area contributed by atoms with Gasteiger partial charge in [-0.05, 0) is 49.1 Å². The SMILES string of the molecule is NC1(C2Cc3ccccc3C2)CCC1. The number of rotatable bonds is 1. The Morgan fingerprint density at radius 3 is 2.07 bits per heavy atom. The summed E-state index contributed by atoms with van der Waals surface area (Å²) >= 11 is 0. The predicted molar refractivity (Wildman–Crippen MR) is 58.1 cm³/mol. The second-order valence-electron chi connectivity index (χ2n) is 4.96. The van der Waals surface area contributed by atoms with Gasteiger partial charge >= 0.3 is 0 Å². The molecule has 1 aromatic rings. The van der Waals surface area contributed by atoms with E-state index in [0.29, 0.717) is 5.92 Å². The van der Waals surface area contributed by atoms with E-state index in [1.54, 1.807) is 0 Å². The van der Waals surface area contributed by atoms with E-state index in [1.165, 1.54) is 43.2 Å². The maximum Gasteiger partial charge on any atom is 0.0189 e. The van der Waals surface area contributed by atoms with Crippen LogP contribution < -0.4 is 5.73 Å². The first-order valence-electron chi connectivity index (χ1n) is 5.64. The molecule has 0 bridgehead atoms. The molecule has 0 amide bonds. The van der Waals surface area contributed by atoms with Crippen molar-refractivity contribution >= 4 is 0 Å². The Hall–Kier alpha value is -0.820. The summed E-state index contributed by atoms with van der Waals surface area (Å²) in [6, 6.07) is 8.81. The van der Waals surface area contributed by atoms with Gasteiger partial charge in [0, 0.05) is 5.54 Å². The maximum atomic E-state index is 6.39. The summed E-state index contributed by atoms with van der Waals surface area (Å²) in [5, 5.41) is 0. The zero-order valence-electron chi connectivity index (χ0n) is 8.50. The first-order chi connectivity index (χ1) is 6.78. The summed E-state index contributed by atoms with van der Waals surface area (Å²) < 4.78 is 0. The van der Waals surface area contributed by atoms with Crippen molar-refractivity contribution in [3.05, 3.63) is 35.4 Å². The average molecular weight is 187 g/mol. The molecular formula is C13H17N. The summed E-state index contributed by atoms with van der Waals surface area (Å²) in [6.45, 7) is 0. The lowest BCUT2D eigenvalue weighted by molar-refractivity contribution is 0.158. The van der Waals surface area contributed by atoms with Crippen LogP contribution in [0.5, 0.6) is 0 Å². The van der Waals surface area contributed by atoms with Crippen molar-refractivity contribution in [3.63, 3.8) is 0 Å². The highest BCUT2D eigenvalue weighted by molar-refractivity contribution is 5.33. The molecule has 0 spiro atoms. The van der Waals surface area contributed by atoms with Crippen LogP contribution in [0.3, 0.4) is 0 Å². The molecule has 0 atom stereocenters. The van der Waals surface area contributed by atoms with E-state index in [4.69, 9.17) is 5.73 Å². The maximum absolute atomic E-state index is 6.39. The molecule has 1 saturated carbocycles. The summed E-state index contributed by atoms with van der Waals surface area (Å²) in [5.41, 5.74) is 9.64. The standard InChI is InChI=1S/C13H17N/c14-13(6-3-7-13)12-8-10-4-1-2-5-11(10)9-12/h1-2,4-5,12H,3,6-9,14H2. The van der Waals surface area contributed by atoms with Crippen LogP contribution in [-0.2, 0) is 12.8 Å². The van der Waals surface area contributed by atoms with Gasteiger partial charge in [-0.1, -0.05) is 24.3 Å². The van der Waals surface area contributed by atoms with E-state index in [0.717, 1.165) is 0 Å². The molecule has 0 radical (unpaired) electrons. The van der Waals surface area contributed by atoms with Crippen LogP contribution in [0.1, 0.15) is 30.4 Å². The molecule has 1 heteroatoms. The van der Waals surface area contributed by atoms with Gasteiger partial charge < -0.3 is 5.73 Å². The van der Waals surface area contributed by atoms with Crippen molar-refractivity contribution < 1.29 is 0 Å². The molecular weight excluding hydrogens is 170 g/mol. The normalized spacial score (nSPS) is 24.4. The summed E-state index contributed by atoms with van der Waals surface area (Å²) in [5.74, 6) is 0.716. The predicted octanol–water partition coefficient (Wildman–Crippen LogP) is 2.28. The van der Waals surface area contributed by atoms with Crippen LogP contribution in [0, 0.1) is 5.92 Å². The van der Waals surface area contributed by atoms with Crippen LogP contribution in [-0.4, -0.2) is 5.54 Å². The summed E-state index contributed by atoms with van der Waals surface area (Å²) in [6.07, 6.45) is 6.25. The molecule has 1 nitrogen and oxygen atoms in total. The fourth-order valence-electron chi connectivity index (χ4n) is 2.96. The largest absolute Gasteiger partial charge is 0.325 e. The van der Waals surface area contributed by atoms with E-state index in [1.807, 2.05) is 0 Å². The molecule has 0 aromatic heterocycles. The van der Waals surface area contributed by atoms with Gasteiger partial charge in [-0.2, -0.15) is 0 Å². The highest BCUT2D eigenvalue weighted by atomic mass is 14.8. The van der Waals surface area contributed by atoms with Crippen molar-refractivity contribution in [2.75, 3.05) is 0 Å². The number of benzene rings is 1. The monoisotopic (exact) mass is 187 g/mol. The molecule has 74 valence electrons. The van der Waals surface area contributed by atoms with E-state index in [2.05, 4.69) is 24.3 Å². The minimum atomic E-state index is 0.180. The Kier molecular flexibility index (Phi) is 1.72. The molecule has 1 fully saturated rings. The van der Waals surface area contributed by atoms with Crippen molar-refractivity contribution in [1.29, 1.82) is 0 Å². The van der Waals surface area contributed by atoms with Gasteiger partial charge in [0.1, 0.15) is 0 Å². The molecule has 2 aliphatic carbocycles. The molecule has 1 aromatic carbocycles. The van der Waals surface area contributed by atoms with Crippen molar-refractivity contribution in [2.45, 2.75) is 37.6 Å². The van der Waals surface area contributed by atoms with Crippen molar-refractivity contribution in [2.24, 2.45) is 11.7 Å². The zero-order chi connectivity index (χ0) is 9.60. The third-order valence-electron chi connectivity index (χ3n) is 4.15. The van der Waals surface area contributed by atoms with Crippen molar-refractivity contribution in [1.82, 2.24) is 0 Å². The second-order valence-corrected chi connectivity index (χ2v) is 4.96. The lowest BCUT2D eigenvalue weighted by Crippen LogP contribution is -2.53. The Labute approximate surface area is 85.3 Å². The van der Waals surface area contributed by atoms with E-state index >= 15 is 0 Å². The molecule has 14 heavy (non-hydrogen) atoms. The smallest absolute Gasteiger partial charge is 0.0189 e. The molecule has 2 aliphatic rings. The van der Waals surface area contributed by atoms with Gasteiger partial charge in [0.25, 0.3) is 0 Å². The minimum Gasteiger partial charge on any atom is -0.325 e. The second kappa shape index (κ2) is 2.83. The first kappa shape index (κ1) is 8.49. The highest BCUT2D eigenvalue weighted by Crippen LogP contribution is 2.42. The summed E-state index contributed by atoms with van der Waals surface area (Å²) in [4.78, 5) is 0. The van der Waals surface area contributed by atoms with E-state index in [-0.39, 0.29) is 5.54 Å². The Morgan fingerprint density at radius 2 is 1.64 bits per heavy atom. The third-order valence-corrected chi connectivity index (χ3v) is 4.15. The quantitative estimate of drug-likeness (QED) is 0.717. The van der Waals surface area contributed by atoms with Gasteiger partial charge in [0.2, 0.25) is 0 Å². The van der Waals surface area contributed by atoms with Crippen LogP contribution >= 0.6 is 0 Å². The fourth-order valence-corrected chi connectivity index (χ4v) is 2.96. The van der Waals surface area contributed by atoms with Crippen LogP contribution in [0.15, 0.2) is 24.3 Å². The molecule has 0 saturated heterocycles. The molecule has 0 aliphatic heterocycles. The number of hydrogen-bond acceptors (Lipinski definition) is 1. The van der Waals surface area contributed by atoms with Crippen LogP contribution in [0.2, 0.25) is 0 Å². The van der Waals surface area contributed by atoms with Gasteiger partial charge in [0.15, 0.2) is 0 Å². The Morgan fingerprint density at radius 1 is 1.07 bits per heavy atom. The number of hydrogen-bond donors (Lipinski definition) is 1. The topological polar surface area (TPSA) is 26.0 Å². The fraction of sp³-hybridized carbons (Fsp3) is 0.538. The molecule has 2 N–H and O–H groups in total. The van der Waals surface area contributed by atoms with E-state index < -0.39 is 0 Å². The molecule has 3 rings (SSSR count). The van der Waals surface area contributed by atoms with Gasteiger partial charge in [-0.3, -0.25) is 0 Å². The van der Waals surface area contributed by atoms with Gasteiger partial charge in [0.05, 0.1) is 0 Å². The highest BCUT2D eigenvalue weighted by Gasteiger charge is 2.42. The lowest BCUT2D eigenvalue weighted by atomic mass is 9.68. The van der Waals surface area contributed by atoms with E-state index in [9.17, 15) is 0 Å². The average Bonchev–Trinajstić information content (AvgIpc) is 2.57. The number of fused-ring (bicyclic) bond motifs is 1. The lowest BCUT2D eigenvalue weighted by Gasteiger charge is -2.43. The van der Waals surface area contributed by atoms with Crippen molar-refractivity contribution in [3.8, 4) is 0 Å². The zero-order valence-corrected chi connectivity index (χ0v) is 8.50. The van der Waals surface area contributed by atoms with Gasteiger partial charge in [-0.15, -0.1) is 0 Å². The minimum absolute atomic E-state index is 0.180. The first-order valence-corrected chi connectivity index (χ1v) is 5.64. The van der Waals surface area contributed by atoms with Gasteiger partial charge in [-0.25, -0.2) is 0 Å². The Balaban J connectivity index is 1.84. The summed E-state index contributed by atoms with van der Waals surface area (Å²) in [7, 11) is 0. The third kappa shape index (κ3) is 1.12. The Bertz CT molecular complexity index is 327. The van der Waals surface area contributed by atoms with Crippen LogP contribution in [0.4, 0.5) is 0 Å². The van der Waals surface area contributed by atoms with Crippen LogP contribution in [0.25, 0.3) is 0 Å². The number of nitrogens with two attached hydrogens (primary N) is 1. The molecule has 0 heterocycles. The molecule has 0 unspecified atom stereocenters.